The molecule has 0 saturated heterocycles. The van der Waals surface area contributed by atoms with Crippen molar-refractivity contribution < 1.29 is 4.74 Å². The van der Waals surface area contributed by atoms with Crippen LogP contribution in [-0.2, 0) is 0 Å². The predicted molar refractivity (Wildman–Crippen MR) is 118 cm³/mol. The van der Waals surface area contributed by atoms with Gasteiger partial charge in [0.25, 0.3) is 3.93 Å². The number of benzene rings is 1. The van der Waals surface area contributed by atoms with E-state index in [1.807, 2.05) is 0 Å². The summed E-state index contributed by atoms with van der Waals surface area (Å²) in [5.41, 5.74) is 1.51. The summed E-state index contributed by atoms with van der Waals surface area (Å²) >= 11 is 11.0. The van der Waals surface area contributed by atoms with E-state index in [0.717, 1.165) is 36.7 Å². The molecule has 0 aliphatic heterocycles. The molecule has 1 nitrogen and oxygen atoms in total. The normalized spacial score (nSPS) is 21.7. The van der Waals surface area contributed by atoms with Crippen LogP contribution >= 0.6 is 45.9 Å². The largest absolute Gasteiger partial charge is 0.494 e. The highest BCUT2D eigenvalue weighted by atomic mass is 80.0. The van der Waals surface area contributed by atoms with Crippen LogP contribution < -0.4 is 4.74 Å². The molecule has 1 aliphatic rings. The van der Waals surface area contributed by atoms with Gasteiger partial charge in [0.2, 0.25) is 0 Å². The van der Waals surface area contributed by atoms with Crippen molar-refractivity contribution in [2.45, 2.75) is 70.3 Å². The summed E-state index contributed by atoms with van der Waals surface area (Å²) in [5, 5.41) is 0. The fourth-order valence-corrected chi connectivity index (χ4v) is 6.82. The molecular weight excluding hydrogens is 512 g/mol. The van der Waals surface area contributed by atoms with E-state index in [1.54, 1.807) is 0 Å². The van der Waals surface area contributed by atoms with Crippen LogP contribution in [0, 0.1) is 5.92 Å². The Kier molecular flexibility index (Phi) is 9.39. The Morgan fingerprint density at radius 2 is 1.67 bits per heavy atom. The molecule has 0 heterocycles. The Labute approximate surface area is 172 Å². The first-order valence-corrected chi connectivity index (χ1v) is 18.2. The molecule has 136 valence electrons. The van der Waals surface area contributed by atoms with E-state index >= 15 is 0 Å². The third-order valence-electron chi connectivity index (χ3n) is 5.02. The second-order valence-electron chi connectivity index (χ2n) is 7.00. The molecule has 0 unspecified atom stereocenters. The summed E-state index contributed by atoms with van der Waals surface area (Å²) in [6, 6.07) is 10.1. The van der Waals surface area contributed by atoms with Gasteiger partial charge in [0.15, 0.2) is 0 Å². The topological polar surface area (TPSA) is 9.23 Å². The highest BCUT2D eigenvalue weighted by Gasteiger charge is 2.22. The van der Waals surface area contributed by atoms with Gasteiger partial charge in [-0.3, -0.25) is 0 Å². The maximum absolute atomic E-state index is 5.88. The molecule has 5 heteroatoms. The van der Waals surface area contributed by atoms with Crippen LogP contribution in [-0.4, -0.2) is 10.5 Å². The molecule has 0 amide bonds. The molecule has 2 rings (SSSR count). The van der Waals surface area contributed by atoms with Crippen LogP contribution in [0.25, 0.3) is 0 Å². The third-order valence-corrected chi connectivity index (χ3v) is 9.51. The second-order valence-corrected chi connectivity index (χ2v) is 30.5. The van der Waals surface area contributed by atoms with Gasteiger partial charge in [-0.2, -0.15) is 0 Å². The van der Waals surface area contributed by atoms with E-state index < -0.39 is 3.93 Å². The Morgan fingerprint density at radius 3 is 2.25 bits per heavy atom. The molecule has 0 bridgehead atoms. The maximum atomic E-state index is 5.88. The lowest BCUT2D eigenvalue weighted by atomic mass is 9.77. The Balaban J connectivity index is 1.69. The highest BCUT2D eigenvalue weighted by molar-refractivity contribution is 9.72. The van der Waals surface area contributed by atoms with Crippen molar-refractivity contribution in [1.29, 1.82) is 0 Å². The minimum absolute atomic E-state index is 0.766. The Bertz CT molecular complexity index is 464. The quantitative estimate of drug-likeness (QED) is 0.175. The average Bonchev–Trinajstić information content (AvgIpc) is 2.55. The van der Waals surface area contributed by atoms with Gasteiger partial charge >= 0.3 is 0 Å². The SMILES string of the molecule is CCC[C@H]1CC[C@H](c2ccc(OCCCC[Si](Br)(Br)Br)cc2)CC1. The predicted octanol–water partition coefficient (Wildman–Crippen LogP) is 8.04. The number of halogens is 3. The van der Waals surface area contributed by atoms with Crippen LogP contribution in [0.3, 0.4) is 0 Å². The fourth-order valence-electron chi connectivity index (χ4n) is 3.65. The van der Waals surface area contributed by atoms with E-state index in [4.69, 9.17) is 4.74 Å². The zero-order valence-corrected chi connectivity index (χ0v) is 20.3. The second kappa shape index (κ2) is 10.7. The molecule has 0 atom stereocenters. The van der Waals surface area contributed by atoms with Gasteiger partial charge in [-0.05, 0) is 67.7 Å². The lowest BCUT2D eigenvalue weighted by Gasteiger charge is -2.28. The lowest BCUT2D eigenvalue weighted by Crippen LogP contribution is -2.13. The number of unbranched alkanes of at least 4 members (excludes halogenated alkanes) is 1. The van der Waals surface area contributed by atoms with Crippen molar-refractivity contribution in [3.8, 4) is 5.75 Å². The van der Waals surface area contributed by atoms with Gasteiger partial charge in [-0.25, -0.2) is 0 Å². The fraction of sp³-hybridized carbons (Fsp3) is 0.684. The molecule has 1 saturated carbocycles. The zero-order chi connectivity index (χ0) is 17.4. The van der Waals surface area contributed by atoms with Crippen LogP contribution in [0.2, 0.25) is 6.04 Å². The van der Waals surface area contributed by atoms with E-state index in [1.165, 1.54) is 50.5 Å². The van der Waals surface area contributed by atoms with Crippen molar-refractivity contribution in [3.63, 3.8) is 0 Å². The molecule has 0 spiro atoms. The summed E-state index contributed by atoms with van der Waals surface area (Å²) in [5.74, 6) is 2.76. The smallest absolute Gasteiger partial charge is 0.267 e. The molecule has 1 aromatic carbocycles. The first-order chi connectivity index (χ1) is 11.5. The van der Waals surface area contributed by atoms with Gasteiger partial charge in [0.1, 0.15) is 5.75 Å². The monoisotopic (exact) mass is 538 g/mol. The standard InChI is InChI=1S/C19H29Br3OSi/c1-2-5-16-6-8-17(9-7-16)18-10-12-19(13-11-18)23-14-3-4-15-24(20,21)22/h10-13,16-17H,2-9,14-15H2,1H3/t16-,17-. The maximum Gasteiger partial charge on any atom is 0.267 e. The number of rotatable bonds is 9. The summed E-state index contributed by atoms with van der Waals surface area (Å²) in [7, 11) is 0. The number of ether oxygens (including phenoxy) is 1. The highest BCUT2D eigenvalue weighted by Crippen LogP contribution is 2.38. The third kappa shape index (κ3) is 7.92. The molecule has 0 N–H and O–H groups in total. The Hall–Kier alpha value is 0.677. The van der Waals surface area contributed by atoms with Crippen molar-refractivity contribution in [2.24, 2.45) is 5.92 Å². The van der Waals surface area contributed by atoms with Gasteiger partial charge in [0, 0.05) is 0 Å². The van der Waals surface area contributed by atoms with Crippen LogP contribution in [0.1, 0.15) is 69.8 Å². The van der Waals surface area contributed by atoms with E-state index in [2.05, 4.69) is 77.1 Å². The first-order valence-electron chi connectivity index (χ1n) is 9.27. The van der Waals surface area contributed by atoms with Gasteiger partial charge < -0.3 is 4.74 Å². The Morgan fingerprint density at radius 1 is 1.00 bits per heavy atom. The van der Waals surface area contributed by atoms with Crippen molar-refractivity contribution in [1.82, 2.24) is 0 Å². The van der Waals surface area contributed by atoms with Crippen LogP contribution in [0.15, 0.2) is 24.3 Å². The first kappa shape index (κ1) is 21.0. The summed E-state index contributed by atoms with van der Waals surface area (Å²) < 4.78 is 4.44. The molecule has 24 heavy (non-hydrogen) atoms. The molecule has 0 radical (unpaired) electrons. The van der Waals surface area contributed by atoms with Crippen LogP contribution in [0.4, 0.5) is 0 Å². The molecule has 1 fully saturated rings. The average molecular weight is 541 g/mol. The van der Waals surface area contributed by atoms with E-state index in [9.17, 15) is 0 Å². The molecule has 1 aromatic rings. The summed E-state index contributed by atoms with van der Waals surface area (Å²) in [6.45, 7) is 3.11. The van der Waals surface area contributed by atoms with Gasteiger partial charge in [-0.15, -0.1) is 0 Å². The lowest BCUT2D eigenvalue weighted by molar-refractivity contribution is 0.304. The molecule has 0 aromatic heterocycles. The molecular formula is C19H29Br3OSi. The van der Waals surface area contributed by atoms with E-state index in [-0.39, 0.29) is 0 Å². The minimum Gasteiger partial charge on any atom is -0.494 e. The minimum atomic E-state index is -1.44. The van der Waals surface area contributed by atoms with Crippen molar-refractivity contribution in [2.75, 3.05) is 6.61 Å². The van der Waals surface area contributed by atoms with Gasteiger partial charge in [-0.1, -0.05) is 84.2 Å². The van der Waals surface area contributed by atoms with E-state index in [0.29, 0.717) is 0 Å². The summed E-state index contributed by atoms with van der Waals surface area (Å²) in [6.07, 6.45) is 10.6. The van der Waals surface area contributed by atoms with Crippen molar-refractivity contribution in [3.05, 3.63) is 29.8 Å². The number of hydrogen-bond acceptors (Lipinski definition) is 1. The molecule has 1 aliphatic carbocycles. The number of hydrogen-bond donors (Lipinski definition) is 0. The zero-order valence-electron chi connectivity index (χ0n) is 14.6. The van der Waals surface area contributed by atoms with Crippen LogP contribution in [0.5, 0.6) is 5.75 Å². The van der Waals surface area contributed by atoms with Gasteiger partial charge in [0.05, 0.1) is 6.61 Å². The summed E-state index contributed by atoms with van der Waals surface area (Å²) in [4.78, 5) is 0. The van der Waals surface area contributed by atoms with Crippen molar-refractivity contribution >= 4 is 49.8 Å².